The molecule has 0 aromatic heterocycles. The average molecular weight is 260 g/mol. The number of benzene rings is 1. The minimum atomic E-state index is -0.245. The molecule has 102 valence electrons. The molecule has 2 heteroatoms. The van der Waals surface area contributed by atoms with Crippen LogP contribution in [0.15, 0.2) is 29.8 Å². The van der Waals surface area contributed by atoms with Gasteiger partial charge in [-0.2, -0.15) is 0 Å². The van der Waals surface area contributed by atoms with E-state index in [4.69, 9.17) is 0 Å². The summed E-state index contributed by atoms with van der Waals surface area (Å²) in [6.07, 6.45) is 3.97. The maximum Gasteiger partial charge on any atom is 0.162 e. The van der Waals surface area contributed by atoms with Crippen LogP contribution < -0.4 is 0 Å². The molecule has 2 rings (SSSR count). The van der Waals surface area contributed by atoms with E-state index in [-0.39, 0.29) is 17.5 Å². The predicted octanol–water partition coefficient (Wildman–Crippen LogP) is 4.48. The molecule has 0 saturated heterocycles. The van der Waals surface area contributed by atoms with Crippen molar-refractivity contribution in [1.82, 2.24) is 0 Å². The van der Waals surface area contributed by atoms with Gasteiger partial charge in [0.2, 0.25) is 0 Å². The van der Waals surface area contributed by atoms with E-state index in [1.165, 1.54) is 12.1 Å². The number of carbonyl (C=O) groups is 1. The first-order valence-electron chi connectivity index (χ1n) is 7.00. The maximum atomic E-state index is 12.9. The minimum Gasteiger partial charge on any atom is -0.294 e. The number of ketones is 1. The van der Waals surface area contributed by atoms with Crippen molar-refractivity contribution in [1.29, 1.82) is 0 Å². The summed E-state index contributed by atoms with van der Waals surface area (Å²) in [5, 5.41) is 0. The summed E-state index contributed by atoms with van der Waals surface area (Å²) < 4.78 is 12.9. The Hall–Kier alpha value is -1.44. The van der Waals surface area contributed by atoms with E-state index in [2.05, 4.69) is 20.8 Å². The number of allylic oxidation sites excluding steroid dienone is 1. The first kappa shape index (κ1) is 14.0. The van der Waals surface area contributed by atoms with Crippen molar-refractivity contribution in [2.75, 3.05) is 0 Å². The normalized spacial score (nSPS) is 26.2. The van der Waals surface area contributed by atoms with Crippen molar-refractivity contribution in [2.45, 2.75) is 33.6 Å². The molecule has 0 bridgehead atoms. The van der Waals surface area contributed by atoms with Gasteiger partial charge in [-0.25, -0.2) is 4.39 Å². The topological polar surface area (TPSA) is 17.1 Å². The first-order chi connectivity index (χ1) is 8.99. The smallest absolute Gasteiger partial charge is 0.162 e. The van der Waals surface area contributed by atoms with Crippen molar-refractivity contribution >= 4 is 11.9 Å². The second-order valence-electron chi connectivity index (χ2n) is 5.84. The molecular weight excluding hydrogens is 239 g/mol. The summed E-state index contributed by atoms with van der Waals surface area (Å²) in [7, 11) is 0. The van der Waals surface area contributed by atoms with Gasteiger partial charge < -0.3 is 0 Å². The van der Waals surface area contributed by atoms with E-state index in [1.54, 1.807) is 12.1 Å². The van der Waals surface area contributed by atoms with E-state index >= 15 is 0 Å². The van der Waals surface area contributed by atoms with Gasteiger partial charge in [-0.3, -0.25) is 4.79 Å². The van der Waals surface area contributed by atoms with Crippen LogP contribution in [0.2, 0.25) is 0 Å². The van der Waals surface area contributed by atoms with Crippen LogP contribution in [0.3, 0.4) is 0 Å². The average Bonchev–Trinajstić information content (AvgIpc) is 2.36. The summed E-state index contributed by atoms with van der Waals surface area (Å²) in [6, 6.07) is 6.32. The van der Waals surface area contributed by atoms with Crippen LogP contribution in [0, 0.1) is 23.6 Å². The summed E-state index contributed by atoms with van der Waals surface area (Å²) in [4.78, 5) is 12.5. The fourth-order valence-corrected chi connectivity index (χ4v) is 2.76. The molecule has 0 N–H and O–H groups in total. The fraction of sp³-hybridized carbons (Fsp3) is 0.471. The highest BCUT2D eigenvalue weighted by Crippen LogP contribution is 2.35. The van der Waals surface area contributed by atoms with Crippen LogP contribution in [-0.4, -0.2) is 5.78 Å². The molecule has 19 heavy (non-hydrogen) atoms. The third-order valence-electron chi connectivity index (χ3n) is 4.06. The lowest BCUT2D eigenvalue weighted by Crippen LogP contribution is -2.30. The molecule has 1 aromatic rings. The molecule has 1 nitrogen and oxygen atoms in total. The van der Waals surface area contributed by atoms with Crippen LogP contribution in [0.5, 0.6) is 0 Å². The molecule has 0 unspecified atom stereocenters. The maximum absolute atomic E-state index is 12.9. The predicted molar refractivity (Wildman–Crippen MR) is 76.1 cm³/mol. The molecule has 1 aliphatic carbocycles. The van der Waals surface area contributed by atoms with E-state index in [1.807, 2.05) is 6.08 Å². The van der Waals surface area contributed by atoms with Crippen LogP contribution >= 0.6 is 0 Å². The fourth-order valence-electron chi connectivity index (χ4n) is 2.76. The summed E-state index contributed by atoms with van der Waals surface area (Å²) in [5.41, 5.74) is 1.80. The largest absolute Gasteiger partial charge is 0.294 e. The number of Topliss-reactive ketones (excluding diaryl/α,β-unsaturated/α-hetero) is 1. The highest BCUT2D eigenvalue weighted by Gasteiger charge is 2.32. The van der Waals surface area contributed by atoms with Crippen molar-refractivity contribution in [3.05, 3.63) is 41.2 Å². The second kappa shape index (κ2) is 5.68. The van der Waals surface area contributed by atoms with Crippen molar-refractivity contribution in [3.8, 4) is 0 Å². The first-order valence-corrected chi connectivity index (χ1v) is 7.00. The lowest BCUT2D eigenvalue weighted by Gasteiger charge is -2.30. The summed E-state index contributed by atoms with van der Waals surface area (Å²) in [6.45, 7) is 6.31. The van der Waals surface area contributed by atoms with Gasteiger partial charge in [0, 0.05) is 5.92 Å². The van der Waals surface area contributed by atoms with Crippen LogP contribution in [0.4, 0.5) is 4.39 Å². The third-order valence-corrected chi connectivity index (χ3v) is 4.06. The van der Waals surface area contributed by atoms with Crippen molar-refractivity contribution in [3.63, 3.8) is 0 Å². The van der Waals surface area contributed by atoms with E-state index in [9.17, 15) is 9.18 Å². The second-order valence-corrected chi connectivity index (χ2v) is 5.84. The van der Waals surface area contributed by atoms with Crippen molar-refractivity contribution < 1.29 is 9.18 Å². The van der Waals surface area contributed by atoms with E-state index < -0.39 is 0 Å². The van der Waals surface area contributed by atoms with Gasteiger partial charge in [0.15, 0.2) is 5.78 Å². The minimum absolute atomic E-state index is 0.142. The van der Waals surface area contributed by atoms with E-state index in [0.717, 1.165) is 24.0 Å². The molecule has 0 aliphatic heterocycles. The molecule has 0 heterocycles. The highest BCUT2D eigenvalue weighted by molar-refractivity contribution is 6.02. The molecule has 0 amide bonds. The highest BCUT2D eigenvalue weighted by atomic mass is 19.1. The Kier molecular flexibility index (Phi) is 4.18. The molecule has 0 radical (unpaired) electrons. The van der Waals surface area contributed by atoms with Gasteiger partial charge >= 0.3 is 0 Å². The van der Waals surface area contributed by atoms with Crippen LogP contribution in [0.25, 0.3) is 6.08 Å². The Balaban J connectivity index is 2.29. The number of halogens is 1. The van der Waals surface area contributed by atoms with E-state index in [0.29, 0.717) is 11.8 Å². The lowest BCUT2D eigenvalue weighted by atomic mass is 9.73. The SMILES string of the molecule is CC(C)[C@@H]1CC[C@@H](C)C(=Cc2ccc(F)cc2)C1=O. The van der Waals surface area contributed by atoms with Gasteiger partial charge in [-0.15, -0.1) is 0 Å². The molecular formula is C17H21FO. The van der Waals surface area contributed by atoms with Gasteiger partial charge in [0.25, 0.3) is 0 Å². The quantitative estimate of drug-likeness (QED) is 0.716. The number of hydrogen-bond acceptors (Lipinski definition) is 1. The van der Waals surface area contributed by atoms with Gasteiger partial charge in [-0.05, 0) is 54.0 Å². The zero-order valence-electron chi connectivity index (χ0n) is 11.8. The molecule has 1 aromatic carbocycles. The summed E-state index contributed by atoms with van der Waals surface area (Å²) >= 11 is 0. The lowest BCUT2D eigenvalue weighted by molar-refractivity contribution is -0.122. The standard InChI is InChI=1S/C17H21FO/c1-11(2)15-9-4-12(3)16(17(15)19)10-13-5-7-14(18)8-6-13/h5-8,10-12,15H,4,9H2,1-3H3/t12-,15+/m1/s1. The third kappa shape index (κ3) is 3.12. The molecule has 2 atom stereocenters. The number of rotatable bonds is 2. The van der Waals surface area contributed by atoms with Gasteiger partial charge in [-0.1, -0.05) is 32.9 Å². The van der Waals surface area contributed by atoms with Gasteiger partial charge in [0.05, 0.1) is 0 Å². The van der Waals surface area contributed by atoms with Crippen LogP contribution in [-0.2, 0) is 4.79 Å². The Morgan fingerprint density at radius 2 is 1.84 bits per heavy atom. The summed E-state index contributed by atoms with van der Waals surface area (Å²) in [5.74, 6) is 0.857. The zero-order chi connectivity index (χ0) is 14.0. The number of hydrogen-bond donors (Lipinski definition) is 0. The Morgan fingerprint density at radius 3 is 2.42 bits per heavy atom. The van der Waals surface area contributed by atoms with Crippen LogP contribution in [0.1, 0.15) is 39.2 Å². The Bertz CT molecular complexity index is 484. The molecule has 0 spiro atoms. The number of carbonyl (C=O) groups excluding carboxylic acids is 1. The zero-order valence-corrected chi connectivity index (χ0v) is 11.8. The molecule has 1 aliphatic rings. The van der Waals surface area contributed by atoms with Gasteiger partial charge in [0.1, 0.15) is 5.82 Å². The monoisotopic (exact) mass is 260 g/mol. The van der Waals surface area contributed by atoms with Crippen molar-refractivity contribution in [2.24, 2.45) is 17.8 Å². The molecule has 1 saturated carbocycles. The Morgan fingerprint density at radius 1 is 1.21 bits per heavy atom. The Labute approximate surface area is 114 Å². The molecule has 1 fully saturated rings.